The number of ether oxygens (including phenoxy) is 2. The largest absolute Gasteiger partial charge is 0.481 e. The maximum Gasteiger partial charge on any atom is 0.213 e. The van der Waals surface area contributed by atoms with Crippen LogP contribution in [0.2, 0.25) is 0 Å². The zero-order chi connectivity index (χ0) is 20.5. The molecule has 0 aliphatic carbocycles. The van der Waals surface area contributed by atoms with E-state index in [1.807, 2.05) is 16.7 Å². The molecule has 30 heavy (non-hydrogen) atoms. The van der Waals surface area contributed by atoms with Crippen LogP contribution in [0.25, 0.3) is 33.8 Å². The molecule has 1 unspecified atom stereocenters. The van der Waals surface area contributed by atoms with Gasteiger partial charge in [-0.3, -0.25) is 9.55 Å². The van der Waals surface area contributed by atoms with Gasteiger partial charge in [-0.1, -0.05) is 0 Å². The molecule has 0 radical (unpaired) electrons. The van der Waals surface area contributed by atoms with Crippen LogP contribution >= 0.6 is 0 Å². The molecule has 0 spiro atoms. The molecule has 0 amide bonds. The van der Waals surface area contributed by atoms with Gasteiger partial charge in [-0.15, -0.1) is 0 Å². The summed E-state index contributed by atoms with van der Waals surface area (Å²) in [6, 6.07) is 7.26. The van der Waals surface area contributed by atoms with Crippen molar-refractivity contribution in [2.24, 2.45) is 0 Å². The number of pyridine rings is 2. The number of hydrogen-bond donors (Lipinski definition) is 1. The van der Waals surface area contributed by atoms with E-state index in [0.717, 1.165) is 37.1 Å². The van der Waals surface area contributed by atoms with E-state index < -0.39 is 0 Å². The summed E-state index contributed by atoms with van der Waals surface area (Å²) < 4.78 is 13.2. The quantitative estimate of drug-likeness (QED) is 0.552. The molecule has 2 N–H and O–H groups in total. The Labute approximate surface area is 172 Å². The molecule has 1 aliphatic heterocycles. The van der Waals surface area contributed by atoms with Gasteiger partial charge in [-0.05, 0) is 37.5 Å². The number of nitrogens with zero attached hydrogens (tertiary/aromatic N) is 6. The maximum absolute atomic E-state index is 6.21. The van der Waals surface area contributed by atoms with E-state index >= 15 is 0 Å². The van der Waals surface area contributed by atoms with E-state index in [2.05, 4.69) is 24.9 Å². The van der Waals surface area contributed by atoms with Crippen LogP contribution in [-0.2, 0) is 4.74 Å². The van der Waals surface area contributed by atoms with Gasteiger partial charge in [0.25, 0.3) is 0 Å². The highest BCUT2D eigenvalue weighted by Crippen LogP contribution is 2.35. The first kappa shape index (κ1) is 18.4. The van der Waals surface area contributed by atoms with E-state index in [1.54, 1.807) is 31.8 Å². The molecule has 5 heterocycles. The summed E-state index contributed by atoms with van der Waals surface area (Å²) in [6.07, 6.45) is 8.09. The molecule has 1 saturated heterocycles. The Morgan fingerprint density at radius 2 is 2.00 bits per heavy atom. The maximum atomic E-state index is 6.21. The Balaban J connectivity index is 1.66. The highest BCUT2D eigenvalue weighted by Gasteiger charge is 2.22. The molecule has 152 valence electrons. The molecule has 1 aliphatic rings. The summed E-state index contributed by atoms with van der Waals surface area (Å²) in [6.45, 7) is 0.746. The van der Waals surface area contributed by atoms with Crippen LogP contribution in [0.3, 0.4) is 0 Å². The molecule has 4 aromatic rings. The van der Waals surface area contributed by atoms with Gasteiger partial charge < -0.3 is 15.2 Å². The number of nitrogens with two attached hydrogens (primary N) is 1. The Morgan fingerprint density at radius 3 is 2.83 bits per heavy atom. The second-order valence-electron chi connectivity index (χ2n) is 7.06. The Morgan fingerprint density at radius 1 is 1.07 bits per heavy atom. The monoisotopic (exact) mass is 403 g/mol. The SMILES string of the molecule is COc1ccc(N)c(-c2ncccc2-c2ncnc3c2ncn3C2CCCCO2)n1. The molecule has 0 saturated carbocycles. The Bertz CT molecular complexity index is 1200. The number of aromatic nitrogens is 6. The molecule has 1 atom stereocenters. The smallest absolute Gasteiger partial charge is 0.213 e. The van der Waals surface area contributed by atoms with Crippen LogP contribution < -0.4 is 10.5 Å². The number of nitrogen functional groups attached to an aromatic ring is 1. The lowest BCUT2D eigenvalue weighted by Crippen LogP contribution is -2.17. The van der Waals surface area contributed by atoms with Crippen molar-refractivity contribution in [1.82, 2.24) is 29.5 Å². The minimum absolute atomic E-state index is 0.0597. The topological polar surface area (TPSA) is 114 Å². The van der Waals surface area contributed by atoms with Crippen molar-refractivity contribution in [1.29, 1.82) is 0 Å². The minimum Gasteiger partial charge on any atom is -0.481 e. The molecule has 9 nitrogen and oxygen atoms in total. The summed E-state index contributed by atoms with van der Waals surface area (Å²) in [5.74, 6) is 0.461. The van der Waals surface area contributed by atoms with Crippen molar-refractivity contribution in [3.8, 4) is 28.5 Å². The third-order valence-electron chi connectivity index (χ3n) is 5.22. The Kier molecular flexibility index (Phi) is 4.72. The van der Waals surface area contributed by atoms with Gasteiger partial charge in [-0.2, -0.15) is 0 Å². The second kappa shape index (κ2) is 7.68. The Hall–Kier alpha value is -3.59. The fourth-order valence-electron chi connectivity index (χ4n) is 3.74. The van der Waals surface area contributed by atoms with Crippen molar-refractivity contribution >= 4 is 16.9 Å². The summed E-state index contributed by atoms with van der Waals surface area (Å²) in [4.78, 5) is 22.7. The van der Waals surface area contributed by atoms with Gasteiger partial charge in [0.05, 0.1) is 19.1 Å². The van der Waals surface area contributed by atoms with Crippen LogP contribution in [0.1, 0.15) is 25.5 Å². The minimum atomic E-state index is -0.0597. The molecule has 4 aromatic heterocycles. The van der Waals surface area contributed by atoms with E-state index in [9.17, 15) is 0 Å². The molecule has 0 bridgehead atoms. The first-order chi connectivity index (χ1) is 14.8. The fourth-order valence-corrected chi connectivity index (χ4v) is 3.74. The first-order valence-electron chi connectivity index (χ1n) is 9.81. The third kappa shape index (κ3) is 3.13. The zero-order valence-electron chi connectivity index (χ0n) is 16.5. The lowest BCUT2D eigenvalue weighted by molar-refractivity contribution is -0.0298. The molecular weight excluding hydrogens is 382 g/mol. The van der Waals surface area contributed by atoms with Gasteiger partial charge in [0.15, 0.2) is 5.65 Å². The van der Waals surface area contributed by atoms with Crippen LogP contribution in [0.4, 0.5) is 5.69 Å². The summed E-state index contributed by atoms with van der Waals surface area (Å²) >= 11 is 0. The number of anilines is 1. The number of imidazole rings is 1. The van der Waals surface area contributed by atoms with Crippen molar-refractivity contribution in [3.05, 3.63) is 43.1 Å². The van der Waals surface area contributed by atoms with Crippen LogP contribution in [0.5, 0.6) is 5.88 Å². The number of fused-ring (bicyclic) bond motifs is 1. The van der Waals surface area contributed by atoms with Crippen molar-refractivity contribution in [2.75, 3.05) is 19.5 Å². The van der Waals surface area contributed by atoms with Crippen LogP contribution in [0.15, 0.2) is 43.1 Å². The van der Waals surface area contributed by atoms with Gasteiger partial charge in [0, 0.05) is 24.4 Å². The molecule has 9 heteroatoms. The average molecular weight is 403 g/mol. The highest BCUT2D eigenvalue weighted by atomic mass is 16.5. The third-order valence-corrected chi connectivity index (χ3v) is 5.22. The predicted molar refractivity (Wildman–Crippen MR) is 112 cm³/mol. The first-order valence-corrected chi connectivity index (χ1v) is 9.81. The predicted octanol–water partition coefficient (Wildman–Crippen LogP) is 3.24. The van der Waals surface area contributed by atoms with E-state index in [1.165, 1.54) is 6.33 Å². The normalized spacial score (nSPS) is 16.6. The lowest BCUT2D eigenvalue weighted by Gasteiger charge is -2.23. The van der Waals surface area contributed by atoms with E-state index in [0.29, 0.717) is 34.2 Å². The van der Waals surface area contributed by atoms with Crippen molar-refractivity contribution in [3.63, 3.8) is 0 Å². The van der Waals surface area contributed by atoms with Crippen molar-refractivity contribution < 1.29 is 9.47 Å². The standard InChI is InChI=1S/C21H21N7O2/c1-29-15-8-7-14(22)19(27-15)17-13(5-4-9-23-17)18-20-21(25-11-24-18)28(12-26-20)16-6-2-3-10-30-16/h4-5,7-9,11-12,16H,2-3,6,10,22H2,1H3. The summed E-state index contributed by atoms with van der Waals surface area (Å²) in [5, 5.41) is 0. The van der Waals surface area contributed by atoms with Crippen molar-refractivity contribution in [2.45, 2.75) is 25.5 Å². The fraction of sp³-hybridized carbons (Fsp3) is 0.286. The lowest BCUT2D eigenvalue weighted by atomic mass is 10.1. The second-order valence-corrected chi connectivity index (χ2v) is 7.06. The molecule has 1 fully saturated rings. The molecular formula is C21H21N7O2. The number of rotatable bonds is 4. The van der Waals surface area contributed by atoms with Crippen LogP contribution in [0, 0.1) is 0 Å². The highest BCUT2D eigenvalue weighted by molar-refractivity contribution is 5.93. The summed E-state index contributed by atoms with van der Waals surface area (Å²) in [7, 11) is 1.57. The number of methoxy groups -OCH3 is 1. The molecule has 0 aromatic carbocycles. The number of hydrogen-bond acceptors (Lipinski definition) is 8. The van der Waals surface area contributed by atoms with Gasteiger partial charge in [-0.25, -0.2) is 19.9 Å². The van der Waals surface area contributed by atoms with E-state index in [4.69, 9.17) is 15.2 Å². The van der Waals surface area contributed by atoms with E-state index in [-0.39, 0.29) is 6.23 Å². The van der Waals surface area contributed by atoms with Gasteiger partial charge >= 0.3 is 0 Å². The van der Waals surface area contributed by atoms with Crippen LogP contribution in [-0.4, -0.2) is 43.2 Å². The molecule has 5 rings (SSSR count). The zero-order valence-corrected chi connectivity index (χ0v) is 16.5. The average Bonchev–Trinajstić information content (AvgIpc) is 3.24. The van der Waals surface area contributed by atoms with Gasteiger partial charge in [0.2, 0.25) is 5.88 Å². The van der Waals surface area contributed by atoms with Gasteiger partial charge in [0.1, 0.15) is 35.2 Å². The summed E-state index contributed by atoms with van der Waals surface area (Å²) in [5.41, 5.74) is 10.7.